The SMILES string of the molecule is CC(=O)CCc1c(F)cc2c(=O)c(C(=O)O)cn(N3CCNCC3)c2c1F. The second kappa shape index (κ2) is 7.43. The minimum Gasteiger partial charge on any atom is -0.477 e. The van der Waals surface area contributed by atoms with Gasteiger partial charge < -0.3 is 20.2 Å². The van der Waals surface area contributed by atoms with Gasteiger partial charge in [-0.25, -0.2) is 13.6 Å². The lowest BCUT2D eigenvalue weighted by atomic mass is 10.0. The smallest absolute Gasteiger partial charge is 0.341 e. The van der Waals surface area contributed by atoms with E-state index in [1.165, 1.54) is 11.6 Å². The molecule has 3 rings (SSSR count). The highest BCUT2D eigenvalue weighted by Gasteiger charge is 2.24. The predicted molar refractivity (Wildman–Crippen MR) is 94.9 cm³/mol. The summed E-state index contributed by atoms with van der Waals surface area (Å²) in [5.74, 6) is -3.59. The van der Waals surface area contributed by atoms with Crippen LogP contribution in [0.3, 0.4) is 0 Å². The van der Waals surface area contributed by atoms with E-state index in [4.69, 9.17) is 0 Å². The van der Waals surface area contributed by atoms with Crippen molar-refractivity contribution < 1.29 is 23.5 Å². The van der Waals surface area contributed by atoms with Crippen molar-refractivity contribution in [1.29, 1.82) is 0 Å². The Bertz CT molecular complexity index is 981. The number of hydrogen-bond acceptors (Lipinski definition) is 5. The van der Waals surface area contributed by atoms with E-state index in [9.17, 15) is 23.9 Å². The molecular weight excluding hydrogens is 360 g/mol. The number of nitrogens with one attached hydrogen (secondary N) is 1. The van der Waals surface area contributed by atoms with Gasteiger partial charge in [-0.05, 0) is 19.4 Å². The number of aromatic carboxylic acids is 1. The highest BCUT2D eigenvalue weighted by atomic mass is 19.1. The topological polar surface area (TPSA) is 91.6 Å². The van der Waals surface area contributed by atoms with Gasteiger partial charge in [-0.3, -0.25) is 9.47 Å². The number of carbonyl (C=O) groups excluding carboxylic acids is 1. The molecule has 1 aliphatic heterocycles. The molecule has 7 nitrogen and oxygen atoms in total. The number of aromatic nitrogens is 1. The van der Waals surface area contributed by atoms with Crippen LogP contribution < -0.4 is 15.8 Å². The standard InChI is InChI=1S/C18H19F2N3O4/c1-10(24)2-3-11-14(19)8-12-16(15(11)20)23(22-6-4-21-5-7-22)9-13(17(12)25)18(26)27/h8-9,21H,2-7H2,1H3,(H,26,27). The van der Waals surface area contributed by atoms with Gasteiger partial charge in [0.1, 0.15) is 22.7 Å². The number of carbonyl (C=O) groups is 2. The average molecular weight is 379 g/mol. The normalized spacial score (nSPS) is 14.6. The number of halogens is 2. The van der Waals surface area contributed by atoms with E-state index in [1.807, 2.05) is 0 Å². The summed E-state index contributed by atoms with van der Waals surface area (Å²) in [6.45, 7) is 3.42. The summed E-state index contributed by atoms with van der Waals surface area (Å²) in [7, 11) is 0. The van der Waals surface area contributed by atoms with Crippen LogP contribution in [0.1, 0.15) is 29.3 Å². The van der Waals surface area contributed by atoms with Crippen molar-refractivity contribution in [2.75, 3.05) is 31.2 Å². The summed E-state index contributed by atoms with van der Waals surface area (Å²) in [5.41, 5.74) is -1.97. The maximum Gasteiger partial charge on any atom is 0.341 e. The van der Waals surface area contributed by atoms with Gasteiger partial charge in [-0.15, -0.1) is 0 Å². The molecule has 0 saturated carbocycles. The third-order valence-electron chi connectivity index (χ3n) is 4.61. The quantitative estimate of drug-likeness (QED) is 0.807. The molecule has 2 N–H and O–H groups in total. The van der Waals surface area contributed by atoms with Crippen LogP contribution in [-0.4, -0.2) is 47.7 Å². The van der Waals surface area contributed by atoms with E-state index in [0.717, 1.165) is 12.3 Å². The molecule has 1 aliphatic rings. The van der Waals surface area contributed by atoms with Gasteiger partial charge >= 0.3 is 5.97 Å². The molecule has 27 heavy (non-hydrogen) atoms. The molecule has 144 valence electrons. The van der Waals surface area contributed by atoms with E-state index in [1.54, 1.807) is 5.01 Å². The van der Waals surface area contributed by atoms with Crippen molar-refractivity contribution >= 4 is 22.7 Å². The first-order valence-electron chi connectivity index (χ1n) is 8.56. The van der Waals surface area contributed by atoms with E-state index in [0.29, 0.717) is 26.2 Å². The Morgan fingerprint density at radius 2 is 1.93 bits per heavy atom. The molecule has 1 aromatic carbocycles. The van der Waals surface area contributed by atoms with Crippen molar-refractivity contribution in [2.45, 2.75) is 19.8 Å². The Morgan fingerprint density at radius 3 is 2.52 bits per heavy atom. The lowest BCUT2D eigenvalue weighted by Gasteiger charge is -2.33. The van der Waals surface area contributed by atoms with Crippen molar-refractivity contribution in [3.8, 4) is 0 Å². The number of pyridine rings is 1. The Kier molecular flexibility index (Phi) is 5.22. The molecule has 0 radical (unpaired) electrons. The van der Waals surface area contributed by atoms with Crippen LogP contribution in [0.2, 0.25) is 0 Å². The maximum atomic E-state index is 15.2. The number of Topliss-reactive ketones (excluding diaryl/α,β-unsaturated/α-hetero) is 1. The van der Waals surface area contributed by atoms with Gasteiger partial charge in [-0.1, -0.05) is 0 Å². The monoisotopic (exact) mass is 379 g/mol. The fourth-order valence-corrected chi connectivity index (χ4v) is 3.21. The molecule has 0 unspecified atom stereocenters. The second-order valence-electron chi connectivity index (χ2n) is 6.47. The fourth-order valence-electron chi connectivity index (χ4n) is 3.21. The number of carboxylic acids is 1. The molecule has 0 atom stereocenters. The van der Waals surface area contributed by atoms with Crippen LogP contribution in [-0.2, 0) is 11.2 Å². The Hall–Kier alpha value is -2.81. The van der Waals surface area contributed by atoms with Gasteiger partial charge in [0.25, 0.3) is 0 Å². The summed E-state index contributed by atoms with van der Waals surface area (Å²) in [5, 5.41) is 13.8. The summed E-state index contributed by atoms with van der Waals surface area (Å²) in [6, 6.07) is 0.862. The van der Waals surface area contributed by atoms with E-state index in [-0.39, 0.29) is 35.1 Å². The van der Waals surface area contributed by atoms with E-state index in [2.05, 4.69) is 5.32 Å². The molecule has 1 saturated heterocycles. The number of carboxylic acid groups (broad SMARTS) is 1. The molecular formula is C18H19F2N3O4. The zero-order valence-corrected chi connectivity index (χ0v) is 14.7. The third kappa shape index (κ3) is 3.55. The second-order valence-corrected chi connectivity index (χ2v) is 6.47. The molecule has 0 amide bonds. The van der Waals surface area contributed by atoms with Crippen molar-refractivity contribution in [2.24, 2.45) is 0 Å². The van der Waals surface area contributed by atoms with E-state index < -0.39 is 28.6 Å². The largest absolute Gasteiger partial charge is 0.477 e. The number of ketones is 1. The van der Waals surface area contributed by atoms with Gasteiger partial charge in [0.15, 0.2) is 5.82 Å². The molecule has 2 aromatic rings. The summed E-state index contributed by atoms with van der Waals surface area (Å²) >= 11 is 0. The van der Waals surface area contributed by atoms with Gasteiger partial charge in [0.2, 0.25) is 5.43 Å². The minimum atomic E-state index is -1.47. The molecule has 1 aromatic heterocycles. The van der Waals surface area contributed by atoms with Crippen LogP contribution in [0.4, 0.5) is 8.78 Å². The number of benzene rings is 1. The summed E-state index contributed by atoms with van der Waals surface area (Å²) < 4.78 is 30.9. The number of piperazine rings is 1. The number of hydrogen-bond donors (Lipinski definition) is 2. The highest BCUT2D eigenvalue weighted by Crippen LogP contribution is 2.24. The van der Waals surface area contributed by atoms with Crippen molar-refractivity contribution in [3.05, 3.63) is 45.2 Å². The summed E-state index contributed by atoms with van der Waals surface area (Å²) in [6.07, 6.45) is 0.901. The van der Waals surface area contributed by atoms with Gasteiger partial charge in [0, 0.05) is 44.4 Å². The Balaban J connectivity index is 2.30. The lowest BCUT2D eigenvalue weighted by Crippen LogP contribution is -2.49. The molecule has 1 fully saturated rings. The lowest BCUT2D eigenvalue weighted by molar-refractivity contribution is -0.116. The first-order valence-corrected chi connectivity index (χ1v) is 8.56. The Morgan fingerprint density at radius 1 is 1.26 bits per heavy atom. The van der Waals surface area contributed by atoms with Crippen LogP contribution in [0.15, 0.2) is 17.1 Å². The summed E-state index contributed by atoms with van der Waals surface area (Å²) in [4.78, 5) is 35.1. The molecule has 0 aliphatic carbocycles. The van der Waals surface area contributed by atoms with Crippen LogP contribution in [0.5, 0.6) is 0 Å². The first-order chi connectivity index (χ1) is 12.8. The zero-order valence-electron chi connectivity index (χ0n) is 14.7. The molecule has 0 spiro atoms. The van der Waals surface area contributed by atoms with Gasteiger partial charge in [-0.2, -0.15) is 0 Å². The van der Waals surface area contributed by atoms with Crippen LogP contribution in [0, 0.1) is 11.6 Å². The zero-order chi connectivity index (χ0) is 19.7. The van der Waals surface area contributed by atoms with Crippen molar-refractivity contribution in [3.63, 3.8) is 0 Å². The van der Waals surface area contributed by atoms with Crippen LogP contribution in [0.25, 0.3) is 10.9 Å². The molecule has 2 heterocycles. The number of fused-ring (bicyclic) bond motifs is 1. The van der Waals surface area contributed by atoms with E-state index >= 15 is 4.39 Å². The molecule has 9 heteroatoms. The highest BCUT2D eigenvalue weighted by molar-refractivity contribution is 5.93. The predicted octanol–water partition coefficient (Wildman–Crippen LogP) is 1.04. The third-order valence-corrected chi connectivity index (χ3v) is 4.61. The Labute approximate surface area is 153 Å². The maximum absolute atomic E-state index is 15.2. The number of rotatable bonds is 5. The number of nitrogens with zero attached hydrogens (tertiary/aromatic N) is 2. The average Bonchev–Trinajstić information content (AvgIpc) is 2.62. The van der Waals surface area contributed by atoms with Gasteiger partial charge in [0.05, 0.1) is 5.39 Å². The first kappa shape index (κ1) is 19.0. The molecule has 0 bridgehead atoms. The minimum absolute atomic E-state index is 0.0373. The van der Waals surface area contributed by atoms with Crippen molar-refractivity contribution in [1.82, 2.24) is 9.99 Å². The van der Waals surface area contributed by atoms with Crippen LogP contribution >= 0.6 is 0 Å². The fraction of sp³-hybridized carbons (Fsp3) is 0.389.